The fourth-order valence-corrected chi connectivity index (χ4v) is 6.44. The molecule has 0 heterocycles. The van der Waals surface area contributed by atoms with E-state index in [2.05, 4.69) is 5.32 Å². The molecule has 0 aliphatic rings. The first-order valence-electron chi connectivity index (χ1n) is 15.1. The lowest BCUT2D eigenvalue weighted by Crippen LogP contribution is -2.54. The van der Waals surface area contributed by atoms with Gasteiger partial charge in [-0.05, 0) is 63.1 Å². The van der Waals surface area contributed by atoms with Crippen molar-refractivity contribution in [3.63, 3.8) is 0 Å². The summed E-state index contributed by atoms with van der Waals surface area (Å²) in [6.45, 7) is 7.37. The van der Waals surface area contributed by atoms with Crippen LogP contribution in [0.25, 0.3) is 0 Å². The molecule has 4 rings (SSSR count). The number of hydrogen-bond acceptors (Lipinski definition) is 5. The SMILES string of the molecule is CCOc1ccccc1N(CC(=O)N(Cc1ccc(C)cc1)[C@@H](Cc1ccccc1)C(=O)NC(C)C)S(=O)(=O)c1ccccc1. The van der Waals surface area contributed by atoms with E-state index < -0.39 is 28.5 Å². The van der Waals surface area contributed by atoms with Gasteiger partial charge in [0.25, 0.3) is 10.0 Å². The third kappa shape index (κ3) is 8.73. The summed E-state index contributed by atoms with van der Waals surface area (Å²) >= 11 is 0. The van der Waals surface area contributed by atoms with Gasteiger partial charge in [-0.2, -0.15) is 0 Å². The Balaban J connectivity index is 1.83. The number of nitrogens with one attached hydrogen (secondary N) is 1. The Kier molecular flexibility index (Phi) is 11.4. The molecule has 9 heteroatoms. The van der Waals surface area contributed by atoms with E-state index in [9.17, 15) is 18.0 Å². The van der Waals surface area contributed by atoms with Crippen molar-refractivity contribution in [2.45, 2.75) is 57.6 Å². The van der Waals surface area contributed by atoms with Gasteiger partial charge >= 0.3 is 0 Å². The number of benzene rings is 4. The van der Waals surface area contributed by atoms with Crippen LogP contribution in [0.2, 0.25) is 0 Å². The topological polar surface area (TPSA) is 96.0 Å². The Morgan fingerprint density at radius 1 is 0.800 bits per heavy atom. The summed E-state index contributed by atoms with van der Waals surface area (Å²) in [6.07, 6.45) is 0.248. The summed E-state index contributed by atoms with van der Waals surface area (Å²) < 4.78 is 35.3. The molecular formula is C36H41N3O5S. The summed E-state index contributed by atoms with van der Waals surface area (Å²) in [7, 11) is -4.22. The van der Waals surface area contributed by atoms with Crippen molar-refractivity contribution in [2.75, 3.05) is 17.5 Å². The van der Waals surface area contributed by atoms with Crippen molar-refractivity contribution in [3.8, 4) is 5.75 Å². The lowest BCUT2D eigenvalue weighted by Gasteiger charge is -2.34. The normalized spacial score (nSPS) is 11.9. The molecule has 0 aliphatic heterocycles. The minimum Gasteiger partial charge on any atom is -0.492 e. The predicted molar refractivity (Wildman–Crippen MR) is 178 cm³/mol. The minimum absolute atomic E-state index is 0.0348. The predicted octanol–water partition coefficient (Wildman–Crippen LogP) is 5.75. The van der Waals surface area contributed by atoms with Gasteiger partial charge in [0.05, 0.1) is 17.2 Å². The second-order valence-electron chi connectivity index (χ2n) is 11.1. The highest BCUT2D eigenvalue weighted by Gasteiger charge is 2.35. The molecule has 2 amide bonds. The zero-order valence-corrected chi connectivity index (χ0v) is 27.0. The molecule has 0 radical (unpaired) electrons. The number of nitrogens with zero attached hydrogens (tertiary/aromatic N) is 2. The molecule has 8 nitrogen and oxygen atoms in total. The van der Waals surface area contributed by atoms with Crippen LogP contribution in [-0.4, -0.2) is 50.4 Å². The van der Waals surface area contributed by atoms with Crippen LogP contribution >= 0.6 is 0 Å². The molecule has 4 aromatic carbocycles. The van der Waals surface area contributed by atoms with Crippen LogP contribution < -0.4 is 14.4 Å². The van der Waals surface area contributed by atoms with Gasteiger partial charge in [-0.25, -0.2) is 8.42 Å². The first-order valence-corrected chi connectivity index (χ1v) is 16.5. The maximum absolute atomic E-state index is 14.6. The van der Waals surface area contributed by atoms with E-state index >= 15 is 0 Å². The number of para-hydroxylation sites is 2. The smallest absolute Gasteiger partial charge is 0.264 e. The number of aryl methyl sites for hydroxylation is 1. The van der Waals surface area contributed by atoms with Crippen LogP contribution in [0.5, 0.6) is 5.75 Å². The molecule has 1 N–H and O–H groups in total. The molecule has 0 unspecified atom stereocenters. The number of rotatable bonds is 14. The fraction of sp³-hybridized carbons (Fsp3) is 0.278. The average molecular weight is 628 g/mol. The molecule has 0 aromatic heterocycles. The van der Waals surface area contributed by atoms with Gasteiger partial charge in [0, 0.05) is 19.0 Å². The highest BCUT2D eigenvalue weighted by Crippen LogP contribution is 2.33. The third-order valence-electron chi connectivity index (χ3n) is 7.22. The molecule has 0 fully saturated rings. The van der Waals surface area contributed by atoms with E-state index in [1.165, 1.54) is 17.0 Å². The van der Waals surface area contributed by atoms with Crippen LogP contribution in [0.4, 0.5) is 5.69 Å². The maximum atomic E-state index is 14.6. The molecule has 0 spiro atoms. The maximum Gasteiger partial charge on any atom is 0.264 e. The summed E-state index contributed by atoms with van der Waals surface area (Å²) in [4.78, 5) is 29.9. The largest absolute Gasteiger partial charge is 0.492 e. The molecule has 1 atom stereocenters. The van der Waals surface area contributed by atoms with E-state index in [-0.39, 0.29) is 35.5 Å². The minimum atomic E-state index is -4.22. The van der Waals surface area contributed by atoms with Gasteiger partial charge in [0.1, 0.15) is 18.3 Å². The van der Waals surface area contributed by atoms with Crippen molar-refractivity contribution < 1.29 is 22.7 Å². The number of carbonyl (C=O) groups is 2. The van der Waals surface area contributed by atoms with Gasteiger partial charge in [0.15, 0.2) is 0 Å². The van der Waals surface area contributed by atoms with Crippen molar-refractivity contribution in [1.82, 2.24) is 10.2 Å². The van der Waals surface area contributed by atoms with E-state index in [1.54, 1.807) is 42.5 Å². The zero-order valence-electron chi connectivity index (χ0n) is 26.2. The molecule has 4 aromatic rings. The van der Waals surface area contributed by atoms with Crippen LogP contribution in [0.3, 0.4) is 0 Å². The Morgan fingerprint density at radius 2 is 1.40 bits per heavy atom. The van der Waals surface area contributed by atoms with Gasteiger partial charge in [-0.1, -0.05) is 90.5 Å². The van der Waals surface area contributed by atoms with Crippen molar-refractivity contribution in [3.05, 3.63) is 126 Å². The summed E-state index contributed by atoms with van der Waals surface area (Å²) in [5.74, 6) is -0.515. The Labute approximate surface area is 266 Å². The molecule has 0 saturated heterocycles. The third-order valence-corrected chi connectivity index (χ3v) is 8.99. The molecule has 236 valence electrons. The fourth-order valence-electron chi connectivity index (χ4n) is 5.00. The van der Waals surface area contributed by atoms with Crippen molar-refractivity contribution >= 4 is 27.5 Å². The molecular weight excluding hydrogens is 586 g/mol. The van der Waals surface area contributed by atoms with E-state index in [0.717, 1.165) is 21.0 Å². The second-order valence-corrected chi connectivity index (χ2v) is 13.0. The molecule has 0 saturated carbocycles. The summed E-state index contributed by atoms with van der Waals surface area (Å²) in [6, 6.07) is 30.9. The Bertz CT molecular complexity index is 1660. The lowest BCUT2D eigenvalue weighted by molar-refractivity contribution is -0.140. The van der Waals surface area contributed by atoms with Gasteiger partial charge in [-0.15, -0.1) is 0 Å². The van der Waals surface area contributed by atoms with E-state index in [4.69, 9.17) is 4.74 Å². The van der Waals surface area contributed by atoms with Crippen molar-refractivity contribution in [1.29, 1.82) is 0 Å². The number of hydrogen-bond donors (Lipinski definition) is 1. The monoisotopic (exact) mass is 627 g/mol. The number of amides is 2. The first kappa shape index (κ1) is 33.3. The molecule has 0 bridgehead atoms. The Hall–Kier alpha value is -4.63. The van der Waals surface area contributed by atoms with Crippen LogP contribution in [0.1, 0.15) is 37.5 Å². The highest BCUT2D eigenvalue weighted by molar-refractivity contribution is 7.92. The summed E-state index contributed by atoms with van der Waals surface area (Å²) in [5, 5.41) is 2.98. The number of carbonyl (C=O) groups excluding carboxylic acids is 2. The Morgan fingerprint density at radius 3 is 2.02 bits per heavy atom. The summed E-state index contributed by atoms with van der Waals surface area (Å²) in [5.41, 5.74) is 2.98. The van der Waals surface area contributed by atoms with Crippen LogP contribution in [0.15, 0.2) is 114 Å². The van der Waals surface area contributed by atoms with Gasteiger partial charge in [-0.3, -0.25) is 13.9 Å². The van der Waals surface area contributed by atoms with Gasteiger partial charge in [0.2, 0.25) is 11.8 Å². The molecule has 0 aliphatic carbocycles. The zero-order chi connectivity index (χ0) is 32.4. The van der Waals surface area contributed by atoms with Crippen LogP contribution in [0, 0.1) is 6.92 Å². The van der Waals surface area contributed by atoms with Crippen molar-refractivity contribution in [2.24, 2.45) is 0 Å². The first-order chi connectivity index (χ1) is 21.6. The van der Waals surface area contributed by atoms with Gasteiger partial charge < -0.3 is 15.0 Å². The highest BCUT2D eigenvalue weighted by atomic mass is 32.2. The van der Waals surface area contributed by atoms with E-state index in [1.807, 2.05) is 82.3 Å². The quantitative estimate of drug-likeness (QED) is 0.192. The lowest BCUT2D eigenvalue weighted by atomic mass is 10.0. The molecule has 45 heavy (non-hydrogen) atoms. The number of anilines is 1. The van der Waals surface area contributed by atoms with E-state index in [0.29, 0.717) is 12.4 Å². The standard InChI is InChI=1S/C36H41N3O5S/c1-5-44-34-19-13-12-18-32(34)39(45(42,43)31-16-10-7-11-17-31)26-35(40)38(25-30-22-20-28(4)21-23-30)33(36(41)37-27(2)3)24-29-14-8-6-9-15-29/h6-23,27,33H,5,24-26H2,1-4H3,(H,37,41)/t33-/m0/s1. The number of sulfonamides is 1. The average Bonchev–Trinajstić information content (AvgIpc) is 3.03. The van der Waals surface area contributed by atoms with Crippen LogP contribution in [-0.2, 0) is 32.6 Å². The number of ether oxygens (including phenoxy) is 1. The second kappa shape index (κ2) is 15.4.